The molecule has 0 saturated carbocycles. The van der Waals surface area contributed by atoms with Crippen molar-refractivity contribution < 1.29 is 9.59 Å². The maximum atomic E-state index is 12.3. The van der Waals surface area contributed by atoms with Gasteiger partial charge < -0.3 is 10.2 Å². The van der Waals surface area contributed by atoms with Crippen LogP contribution >= 0.6 is 0 Å². The van der Waals surface area contributed by atoms with E-state index in [0.717, 1.165) is 23.2 Å². The van der Waals surface area contributed by atoms with E-state index in [1.165, 1.54) is 11.0 Å². The van der Waals surface area contributed by atoms with Gasteiger partial charge in [0.2, 0.25) is 11.8 Å². The fourth-order valence-electron chi connectivity index (χ4n) is 2.96. The number of hydrogen-bond donors (Lipinski definition) is 1. The van der Waals surface area contributed by atoms with Crippen molar-refractivity contribution in [3.05, 3.63) is 83.7 Å². The molecule has 1 N–H and O–H groups in total. The molecule has 7 nitrogen and oxygen atoms in total. The van der Waals surface area contributed by atoms with Crippen LogP contribution in [0.2, 0.25) is 0 Å². The van der Waals surface area contributed by atoms with Gasteiger partial charge in [-0.3, -0.25) is 9.59 Å². The summed E-state index contributed by atoms with van der Waals surface area (Å²) in [5, 5.41) is 11.0. The highest BCUT2D eigenvalue weighted by atomic mass is 16.2. The first-order valence-electron chi connectivity index (χ1n) is 9.80. The van der Waals surface area contributed by atoms with Gasteiger partial charge in [0.05, 0.1) is 19.3 Å². The smallest absolute Gasteiger partial charge is 0.246 e. The summed E-state index contributed by atoms with van der Waals surface area (Å²) >= 11 is 0. The fraction of sp³-hybridized carbons (Fsp3) is 0.217. The zero-order valence-electron chi connectivity index (χ0n) is 17.2. The van der Waals surface area contributed by atoms with Crippen molar-refractivity contribution in [2.45, 2.75) is 19.9 Å². The van der Waals surface area contributed by atoms with Crippen LogP contribution in [-0.4, -0.2) is 45.3 Å². The minimum absolute atomic E-state index is 0.0398. The molecule has 2 aromatic carbocycles. The lowest BCUT2D eigenvalue weighted by molar-refractivity contribution is -0.129. The van der Waals surface area contributed by atoms with Crippen molar-refractivity contribution in [1.82, 2.24) is 19.9 Å². The summed E-state index contributed by atoms with van der Waals surface area (Å²) in [4.78, 5) is 26.0. The van der Waals surface area contributed by atoms with E-state index in [2.05, 4.69) is 15.6 Å². The normalized spacial score (nSPS) is 10.9. The Morgan fingerprint density at radius 3 is 2.60 bits per heavy atom. The average Bonchev–Trinajstić information content (AvgIpc) is 3.20. The van der Waals surface area contributed by atoms with Crippen LogP contribution in [0.1, 0.15) is 23.7 Å². The van der Waals surface area contributed by atoms with Gasteiger partial charge in [0.1, 0.15) is 5.69 Å². The molecule has 0 spiro atoms. The summed E-state index contributed by atoms with van der Waals surface area (Å²) in [7, 11) is 1.59. The first-order chi connectivity index (χ1) is 14.5. The van der Waals surface area contributed by atoms with E-state index in [0.29, 0.717) is 12.2 Å². The molecule has 0 bridgehead atoms. The quantitative estimate of drug-likeness (QED) is 0.587. The Morgan fingerprint density at radius 2 is 1.83 bits per heavy atom. The largest absolute Gasteiger partial charge is 0.333 e. The lowest BCUT2D eigenvalue weighted by Crippen LogP contribution is -2.34. The number of hydrogen-bond acceptors (Lipinski definition) is 4. The highest BCUT2D eigenvalue weighted by Crippen LogP contribution is 2.15. The average molecular weight is 403 g/mol. The van der Waals surface area contributed by atoms with Gasteiger partial charge in [0.25, 0.3) is 0 Å². The van der Waals surface area contributed by atoms with Gasteiger partial charge >= 0.3 is 0 Å². The Morgan fingerprint density at radius 1 is 1.10 bits per heavy atom. The van der Waals surface area contributed by atoms with Crippen molar-refractivity contribution >= 4 is 23.6 Å². The van der Waals surface area contributed by atoms with Gasteiger partial charge in [-0.25, -0.2) is 4.68 Å². The van der Waals surface area contributed by atoms with E-state index in [1.807, 2.05) is 61.5 Å². The standard InChI is InChI=1S/C23H25N5O2/c1-3-19-11-7-8-12-21(19)24-22(29)17-27(2)23(30)14-13-20-16-28(26-25-20)15-18-9-5-4-6-10-18/h4-14,16H,3,15,17H2,1-2H3,(H,24,29)/b14-13+. The number of para-hydroxylation sites is 1. The van der Waals surface area contributed by atoms with Gasteiger partial charge in [-0.15, -0.1) is 5.10 Å². The molecule has 154 valence electrons. The summed E-state index contributed by atoms with van der Waals surface area (Å²) in [5.74, 6) is -0.527. The summed E-state index contributed by atoms with van der Waals surface area (Å²) in [6.07, 6.45) is 5.58. The topological polar surface area (TPSA) is 80.1 Å². The summed E-state index contributed by atoms with van der Waals surface area (Å²) in [6.45, 7) is 2.60. The number of nitrogens with zero attached hydrogens (tertiary/aromatic N) is 4. The van der Waals surface area contributed by atoms with Gasteiger partial charge in [-0.05, 0) is 29.7 Å². The monoisotopic (exact) mass is 403 g/mol. The third kappa shape index (κ3) is 5.88. The first kappa shape index (κ1) is 21.0. The Kier molecular flexibility index (Phi) is 7.10. The van der Waals surface area contributed by atoms with Crippen LogP contribution < -0.4 is 5.32 Å². The van der Waals surface area contributed by atoms with Crippen LogP contribution in [0.5, 0.6) is 0 Å². The number of aromatic nitrogens is 3. The maximum absolute atomic E-state index is 12.3. The zero-order valence-corrected chi connectivity index (χ0v) is 17.2. The molecule has 0 fully saturated rings. The van der Waals surface area contributed by atoms with E-state index >= 15 is 0 Å². The van der Waals surface area contributed by atoms with Crippen LogP contribution in [0.15, 0.2) is 66.9 Å². The molecule has 0 aliphatic rings. The number of amides is 2. The van der Waals surface area contributed by atoms with Crippen molar-refractivity contribution in [1.29, 1.82) is 0 Å². The Bertz CT molecular complexity index is 1030. The maximum Gasteiger partial charge on any atom is 0.246 e. The fourth-order valence-corrected chi connectivity index (χ4v) is 2.96. The van der Waals surface area contributed by atoms with Gasteiger partial charge in [-0.1, -0.05) is 60.7 Å². The summed E-state index contributed by atoms with van der Waals surface area (Å²) in [5.41, 5.74) is 3.52. The predicted molar refractivity (Wildman–Crippen MR) is 117 cm³/mol. The number of carbonyl (C=O) groups excluding carboxylic acids is 2. The van der Waals surface area contributed by atoms with E-state index in [-0.39, 0.29) is 18.4 Å². The van der Waals surface area contributed by atoms with Crippen molar-refractivity contribution in [3.8, 4) is 0 Å². The molecular weight excluding hydrogens is 378 g/mol. The minimum Gasteiger partial charge on any atom is -0.333 e. The van der Waals surface area contributed by atoms with Crippen LogP contribution in [0.3, 0.4) is 0 Å². The van der Waals surface area contributed by atoms with E-state index < -0.39 is 0 Å². The number of carbonyl (C=O) groups is 2. The number of likely N-dealkylation sites (N-methyl/N-ethyl adjacent to an activating group) is 1. The highest BCUT2D eigenvalue weighted by Gasteiger charge is 2.12. The summed E-state index contributed by atoms with van der Waals surface area (Å²) < 4.78 is 1.71. The lowest BCUT2D eigenvalue weighted by atomic mass is 10.1. The molecular formula is C23H25N5O2. The van der Waals surface area contributed by atoms with Crippen molar-refractivity contribution in [2.75, 3.05) is 18.9 Å². The Labute approximate surface area is 176 Å². The third-order valence-electron chi connectivity index (χ3n) is 4.57. The second-order valence-corrected chi connectivity index (χ2v) is 6.91. The van der Waals surface area contributed by atoms with Crippen LogP contribution in [0.25, 0.3) is 6.08 Å². The number of benzene rings is 2. The number of anilines is 1. The number of rotatable bonds is 8. The van der Waals surface area contributed by atoms with Crippen LogP contribution in [0.4, 0.5) is 5.69 Å². The molecule has 1 aromatic heterocycles. The SMILES string of the molecule is CCc1ccccc1NC(=O)CN(C)C(=O)/C=C/c1cn(Cc2ccccc2)nn1. The Balaban J connectivity index is 1.52. The zero-order chi connectivity index (χ0) is 21.3. The van der Waals surface area contributed by atoms with Gasteiger partial charge in [0.15, 0.2) is 0 Å². The molecule has 0 radical (unpaired) electrons. The number of aryl methyl sites for hydroxylation is 1. The lowest BCUT2D eigenvalue weighted by Gasteiger charge is -2.16. The van der Waals surface area contributed by atoms with Crippen LogP contribution in [-0.2, 0) is 22.6 Å². The first-order valence-corrected chi connectivity index (χ1v) is 9.80. The van der Waals surface area contributed by atoms with E-state index in [9.17, 15) is 9.59 Å². The third-order valence-corrected chi connectivity index (χ3v) is 4.57. The molecule has 7 heteroatoms. The highest BCUT2D eigenvalue weighted by molar-refractivity contribution is 5.98. The molecule has 3 aromatic rings. The Hall–Kier alpha value is -3.74. The molecule has 0 unspecified atom stereocenters. The van der Waals surface area contributed by atoms with E-state index in [1.54, 1.807) is 24.0 Å². The molecule has 30 heavy (non-hydrogen) atoms. The van der Waals surface area contributed by atoms with Crippen LogP contribution in [0, 0.1) is 0 Å². The number of nitrogens with one attached hydrogen (secondary N) is 1. The van der Waals surface area contributed by atoms with E-state index in [4.69, 9.17) is 0 Å². The second kappa shape index (κ2) is 10.2. The molecule has 0 aliphatic heterocycles. The minimum atomic E-state index is -0.286. The predicted octanol–water partition coefficient (Wildman–Crippen LogP) is 3.00. The molecule has 2 amide bonds. The van der Waals surface area contributed by atoms with Gasteiger partial charge in [-0.2, -0.15) is 0 Å². The molecule has 1 heterocycles. The second-order valence-electron chi connectivity index (χ2n) is 6.91. The van der Waals surface area contributed by atoms with Crippen molar-refractivity contribution in [2.24, 2.45) is 0 Å². The molecule has 3 rings (SSSR count). The molecule has 0 aliphatic carbocycles. The molecule has 0 saturated heterocycles. The summed E-state index contributed by atoms with van der Waals surface area (Å²) in [6, 6.07) is 17.6. The van der Waals surface area contributed by atoms with Gasteiger partial charge in [0, 0.05) is 18.8 Å². The van der Waals surface area contributed by atoms with Crippen molar-refractivity contribution in [3.63, 3.8) is 0 Å². The molecule has 0 atom stereocenters.